The van der Waals surface area contributed by atoms with Gasteiger partial charge in [0, 0.05) is 17.9 Å². The Morgan fingerprint density at radius 3 is 2.05 bits per heavy atom. The molecule has 0 aliphatic carbocycles. The minimum Gasteiger partial charge on any atom is -0.232 e. The molecule has 1 heterocycles. The van der Waals surface area contributed by atoms with Gasteiger partial charge in [-0.05, 0) is 12.1 Å². The summed E-state index contributed by atoms with van der Waals surface area (Å²) in [6, 6.07) is 20.7. The molecule has 0 bridgehead atoms. The first-order valence-corrected chi connectivity index (χ1v) is 8.36. The Morgan fingerprint density at radius 2 is 1.48 bits per heavy atom. The molecule has 0 fully saturated rings. The van der Waals surface area contributed by atoms with Crippen molar-refractivity contribution in [3.8, 4) is 16.9 Å². The summed E-state index contributed by atoms with van der Waals surface area (Å²) in [5.41, 5.74) is 2.50. The molecule has 4 nitrogen and oxygen atoms in total. The average molecular weight is 298 g/mol. The normalized spacial score (nSPS) is 11.5. The Bertz CT molecular complexity index is 797. The van der Waals surface area contributed by atoms with Crippen molar-refractivity contribution in [2.45, 2.75) is 5.03 Å². The summed E-state index contributed by atoms with van der Waals surface area (Å²) in [4.78, 5) is 0. The molecule has 1 aromatic heterocycles. The lowest BCUT2D eigenvalue weighted by atomic mass is 10.1. The summed E-state index contributed by atoms with van der Waals surface area (Å²) in [6.07, 6.45) is 1.17. The van der Waals surface area contributed by atoms with Crippen LogP contribution < -0.4 is 0 Å². The number of nitrogens with zero attached hydrogens (tertiary/aromatic N) is 2. The quantitative estimate of drug-likeness (QED) is 0.747. The number of rotatable bonds is 3. The molecule has 0 atom stereocenters. The van der Waals surface area contributed by atoms with Crippen LogP contribution in [0.3, 0.4) is 0 Å². The zero-order valence-electron chi connectivity index (χ0n) is 11.5. The predicted molar refractivity (Wildman–Crippen MR) is 82.1 cm³/mol. The number of hydrogen-bond acceptors (Lipinski definition) is 3. The van der Waals surface area contributed by atoms with Gasteiger partial charge in [0.2, 0.25) is 0 Å². The number of sulfone groups is 1. The standard InChI is InChI=1S/C16H14N2O2S/c1-21(19,20)16-12-15(13-8-4-2-5-9-13)18(17-16)14-10-6-3-7-11-14/h2-12H,1H3. The van der Waals surface area contributed by atoms with Gasteiger partial charge in [0.25, 0.3) is 0 Å². The van der Waals surface area contributed by atoms with Gasteiger partial charge in [0.1, 0.15) is 0 Å². The van der Waals surface area contributed by atoms with Crippen LogP contribution in [0.5, 0.6) is 0 Å². The number of hydrogen-bond donors (Lipinski definition) is 0. The predicted octanol–water partition coefficient (Wildman–Crippen LogP) is 2.94. The lowest BCUT2D eigenvalue weighted by Crippen LogP contribution is -2.02. The Morgan fingerprint density at radius 1 is 0.905 bits per heavy atom. The zero-order valence-corrected chi connectivity index (χ0v) is 12.3. The van der Waals surface area contributed by atoms with Gasteiger partial charge in [-0.2, -0.15) is 5.10 Å². The minimum absolute atomic E-state index is 0.0743. The first-order valence-electron chi connectivity index (χ1n) is 6.47. The zero-order chi connectivity index (χ0) is 14.9. The van der Waals surface area contributed by atoms with Gasteiger partial charge in [-0.3, -0.25) is 0 Å². The van der Waals surface area contributed by atoms with Crippen LogP contribution in [0.15, 0.2) is 71.8 Å². The largest absolute Gasteiger partial charge is 0.232 e. The highest BCUT2D eigenvalue weighted by Gasteiger charge is 2.17. The van der Waals surface area contributed by atoms with Gasteiger partial charge < -0.3 is 0 Å². The number of benzene rings is 2. The summed E-state index contributed by atoms with van der Waals surface area (Å²) in [6.45, 7) is 0. The van der Waals surface area contributed by atoms with Gasteiger partial charge in [-0.15, -0.1) is 0 Å². The van der Waals surface area contributed by atoms with E-state index in [1.807, 2.05) is 60.7 Å². The molecule has 0 unspecified atom stereocenters. The van der Waals surface area contributed by atoms with E-state index in [-0.39, 0.29) is 5.03 Å². The van der Waals surface area contributed by atoms with Gasteiger partial charge in [0.15, 0.2) is 14.9 Å². The van der Waals surface area contributed by atoms with E-state index in [9.17, 15) is 8.42 Å². The van der Waals surface area contributed by atoms with Crippen LogP contribution in [-0.4, -0.2) is 24.5 Å². The van der Waals surface area contributed by atoms with Crippen LogP contribution in [0.2, 0.25) is 0 Å². The van der Waals surface area contributed by atoms with Crippen molar-refractivity contribution < 1.29 is 8.42 Å². The Balaban J connectivity index is 2.25. The molecule has 2 aromatic carbocycles. The molecular weight excluding hydrogens is 284 g/mol. The maximum Gasteiger partial charge on any atom is 0.194 e. The van der Waals surface area contributed by atoms with E-state index in [0.717, 1.165) is 16.9 Å². The summed E-state index contributed by atoms with van der Waals surface area (Å²) < 4.78 is 25.2. The first-order chi connectivity index (χ1) is 10.1. The molecule has 0 N–H and O–H groups in total. The van der Waals surface area contributed by atoms with Gasteiger partial charge in [-0.25, -0.2) is 13.1 Å². The highest BCUT2D eigenvalue weighted by Crippen LogP contribution is 2.25. The van der Waals surface area contributed by atoms with E-state index in [1.165, 1.54) is 6.26 Å². The first kappa shape index (κ1) is 13.6. The molecule has 0 amide bonds. The van der Waals surface area contributed by atoms with Crippen LogP contribution in [-0.2, 0) is 9.84 Å². The summed E-state index contributed by atoms with van der Waals surface area (Å²) in [5, 5.41) is 4.33. The topological polar surface area (TPSA) is 52.0 Å². The molecule has 0 aliphatic heterocycles. The molecule has 5 heteroatoms. The second-order valence-corrected chi connectivity index (χ2v) is 6.72. The minimum atomic E-state index is -3.35. The third-order valence-electron chi connectivity index (χ3n) is 3.14. The van der Waals surface area contributed by atoms with E-state index >= 15 is 0 Å². The fourth-order valence-electron chi connectivity index (χ4n) is 2.12. The van der Waals surface area contributed by atoms with E-state index in [0.29, 0.717) is 0 Å². The van der Waals surface area contributed by atoms with Crippen molar-refractivity contribution in [1.82, 2.24) is 9.78 Å². The molecule has 0 radical (unpaired) electrons. The molecule has 0 spiro atoms. The van der Waals surface area contributed by atoms with E-state index < -0.39 is 9.84 Å². The summed E-state index contributed by atoms with van der Waals surface area (Å²) in [5.74, 6) is 0. The molecular formula is C16H14N2O2S. The van der Waals surface area contributed by atoms with Gasteiger partial charge in [0.05, 0.1) is 11.4 Å². The van der Waals surface area contributed by atoms with Crippen molar-refractivity contribution in [3.05, 3.63) is 66.7 Å². The molecule has 0 aliphatic rings. The second kappa shape index (κ2) is 5.18. The summed E-state index contributed by atoms with van der Waals surface area (Å²) in [7, 11) is -3.35. The van der Waals surface area contributed by atoms with Crippen LogP contribution in [0.1, 0.15) is 0 Å². The van der Waals surface area contributed by atoms with E-state index in [2.05, 4.69) is 5.10 Å². The van der Waals surface area contributed by atoms with Crippen LogP contribution in [0.25, 0.3) is 16.9 Å². The molecule has 0 saturated carbocycles. The number of para-hydroxylation sites is 1. The maximum atomic E-state index is 11.8. The SMILES string of the molecule is CS(=O)(=O)c1cc(-c2ccccc2)n(-c2ccccc2)n1. The van der Waals surface area contributed by atoms with E-state index in [1.54, 1.807) is 10.7 Å². The molecule has 3 rings (SSSR count). The highest BCUT2D eigenvalue weighted by atomic mass is 32.2. The molecule has 106 valence electrons. The van der Waals surface area contributed by atoms with E-state index in [4.69, 9.17) is 0 Å². The van der Waals surface area contributed by atoms with Crippen molar-refractivity contribution in [1.29, 1.82) is 0 Å². The van der Waals surface area contributed by atoms with Gasteiger partial charge in [-0.1, -0.05) is 48.5 Å². The van der Waals surface area contributed by atoms with Gasteiger partial charge >= 0.3 is 0 Å². The average Bonchev–Trinajstić information content (AvgIpc) is 2.94. The Labute approximate surface area is 123 Å². The number of aromatic nitrogens is 2. The summed E-state index contributed by atoms with van der Waals surface area (Å²) >= 11 is 0. The maximum absolute atomic E-state index is 11.8. The lowest BCUT2D eigenvalue weighted by molar-refractivity contribution is 0.596. The third-order valence-corrected chi connectivity index (χ3v) is 4.10. The van der Waals surface area contributed by atoms with Crippen molar-refractivity contribution in [2.75, 3.05) is 6.26 Å². The highest BCUT2D eigenvalue weighted by molar-refractivity contribution is 7.90. The molecule has 3 aromatic rings. The monoisotopic (exact) mass is 298 g/mol. The fraction of sp³-hybridized carbons (Fsp3) is 0.0625. The smallest absolute Gasteiger partial charge is 0.194 e. The van der Waals surface area contributed by atoms with Crippen molar-refractivity contribution >= 4 is 9.84 Å². The van der Waals surface area contributed by atoms with Crippen LogP contribution in [0, 0.1) is 0 Å². The second-order valence-electron chi connectivity index (χ2n) is 4.75. The Hall–Kier alpha value is -2.40. The van der Waals surface area contributed by atoms with Crippen molar-refractivity contribution in [3.63, 3.8) is 0 Å². The molecule has 0 saturated heterocycles. The van der Waals surface area contributed by atoms with Crippen LogP contribution in [0.4, 0.5) is 0 Å². The van der Waals surface area contributed by atoms with Crippen molar-refractivity contribution in [2.24, 2.45) is 0 Å². The Kier molecular flexibility index (Phi) is 3.35. The lowest BCUT2D eigenvalue weighted by Gasteiger charge is -2.06. The third kappa shape index (κ3) is 2.73. The molecule has 21 heavy (non-hydrogen) atoms. The van der Waals surface area contributed by atoms with Crippen LogP contribution >= 0.6 is 0 Å². The fourth-order valence-corrected chi connectivity index (χ4v) is 2.68.